The van der Waals surface area contributed by atoms with Crippen LogP contribution in [-0.4, -0.2) is 15.9 Å². The van der Waals surface area contributed by atoms with Crippen molar-refractivity contribution < 1.29 is 14.8 Å². The van der Waals surface area contributed by atoms with Crippen LogP contribution in [-0.2, 0) is 4.79 Å². The number of nitro groups is 1. The third-order valence-corrected chi connectivity index (χ3v) is 3.18. The average Bonchev–Trinajstić information content (AvgIpc) is 2.85. The normalized spacial score (nSPS) is 15.6. The minimum absolute atomic E-state index is 0.0143. The molecule has 1 aliphatic rings. The number of nitrogens with one attached hydrogen (secondary N) is 1. The number of carbonyl (C=O) groups excluding carboxylic acids is 1. The van der Waals surface area contributed by atoms with Gasteiger partial charge in [-0.15, -0.1) is 0 Å². The number of benzene rings is 1. The smallest absolute Gasteiger partial charge is 0.273 e. The maximum atomic E-state index is 11.8. The minimum Gasteiger partial charge on any atom is -0.506 e. The Morgan fingerprint density at radius 2 is 2.06 bits per heavy atom. The fourth-order valence-electron chi connectivity index (χ4n) is 2.16. The number of nitro benzene ring substituents is 1. The van der Waals surface area contributed by atoms with Gasteiger partial charge in [0.05, 0.1) is 16.7 Å². The first kappa shape index (κ1) is 12.3. The van der Waals surface area contributed by atoms with Crippen LogP contribution in [0.15, 0.2) is 18.2 Å². The van der Waals surface area contributed by atoms with Gasteiger partial charge in [-0.2, -0.15) is 0 Å². The molecule has 0 unspecified atom stereocenters. The summed E-state index contributed by atoms with van der Waals surface area (Å²) in [6.45, 7) is 0. The minimum atomic E-state index is -0.595. The molecule has 0 aromatic heterocycles. The zero-order valence-corrected chi connectivity index (χ0v) is 9.76. The van der Waals surface area contributed by atoms with Crippen molar-refractivity contribution in [2.45, 2.75) is 25.7 Å². The third kappa shape index (κ3) is 2.58. The summed E-state index contributed by atoms with van der Waals surface area (Å²) < 4.78 is 0. The van der Waals surface area contributed by atoms with Crippen LogP contribution in [0, 0.1) is 16.0 Å². The zero-order valence-electron chi connectivity index (χ0n) is 9.76. The predicted octanol–water partition coefficient (Wildman–Crippen LogP) is 2.43. The van der Waals surface area contributed by atoms with E-state index in [2.05, 4.69) is 5.32 Å². The number of carbonyl (C=O) groups is 1. The van der Waals surface area contributed by atoms with Crippen molar-refractivity contribution in [2.24, 2.45) is 5.92 Å². The average molecular weight is 250 g/mol. The molecule has 6 nitrogen and oxygen atoms in total. The largest absolute Gasteiger partial charge is 0.506 e. The Morgan fingerprint density at radius 3 is 2.61 bits per heavy atom. The summed E-state index contributed by atoms with van der Waals surface area (Å²) in [6.07, 6.45) is 3.81. The van der Waals surface area contributed by atoms with Crippen LogP contribution in [0.25, 0.3) is 0 Å². The maximum Gasteiger partial charge on any atom is 0.273 e. The van der Waals surface area contributed by atoms with E-state index in [1.54, 1.807) is 0 Å². The van der Waals surface area contributed by atoms with Crippen molar-refractivity contribution in [2.75, 3.05) is 5.32 Å². The lowest BCUT2D eigenvalue weighted by molar-refractivity contribution is -0.384. The van der Waals surface area contributed by atoms with Gasteiger partial charge in [0, 0.05) is 12.0 Å². The lowest BCUT2D eigenvalue weighted by atomic mass is 10.1. The second kappa shape index (κ2) is 5.03. The summed E-state index contributed by atoms with van der Waals surface area (Å²) in [7, 11) is 0. The molecular formula is C12H14N2O4. The molecule has 6 heteroatoms. The molecule has 0 atom stereocenters. The molecule has 96 valence electrons. The van der Waals surface area contributed by atoms with Gasteiger partial charge in [0.1, 0.15) is 5.75 Å². The van der Waals surface area contributed by atoms with Gasteiger partial charge >= 0.3 is 0 Å². The summed E-state index contributed by atoms with van der Waals surface area (Å²) in [4.78, 5) is 21.7. The Bertz CT molecular complexity index is 481. The van der Waals surface area contributed by atoms with Gasteiger partial charge < -0.3 is 10.4 Å². The summed E-state index contributed by atoms with van der Waals surface area (Å²) in [5, 5.41) is 22.7. The molecule has 0 saturated heterocycles. The second-order valence-corrected chi connectivity index (χ2v) is 4.43. The number of non-ortho nitro benzene ring substituents is 1. The molecular weight excluding hydrogens is 236 g/mol. The summed E-state index contributed by atoms with van der Waals surface area (Å²) >= 11 is 0. The molecule has 1 amide bonds. The van der Waals surface area contributed by atoms with E-state index >= 15 is 0 Å². The number of phenols is 1. The predicted molar refractivity (Wildman–Crippen MR) is 65.3 cm³/mol. The highest BCUT2D eigenvalue weighted by atomic mass is 16.6. The van der Waals surface area contributed by atoms with Crippen molar-refractivity contribution >= 4 is 17.3 Å². The first-order valence-corrected chi connectivity index (χ1v) is 5.86. The van der Waals surface area contributed by atoms with Crippen LogP contribution in [0.4, 0.5) is 11.4 Å². The number of amides is 1. The van der Waals surface area contributed by atoms with Crippen molar-refractivity contribution in [3.8, 4) is 5.75 Å². The zero-order chi connectivity index (χ0) is 13.1. The van der Waals surface area contributed by atoms with E-state index < -0.39 is 4.92 Å². The van der Waals surface area contributed by atoms with Gasteiger partial charge in [-0.3, -0.25) is 14.9 Å². The molecule has 0 radical (unpaired) electrons. The number of nitrogens with zero attached hydrogens (tertiary/aromatic N) is 1. The van der Waals surface area contributed by atoms with E-state index in [0.29, 0.717) is 0 Å². The Labute approximate surface area is 104 Å². The number of hydrogen-bond donors (Lipinski definition) is 2. The highest BCUT2D eigenvalue weighted by Crippen LogP contribution is 2.30. The number of anilines is 1. The number of hydrogen-bond acceptors (Lipinski definition) is 4. The lowest BCUT2D eigenvalue weighted by Crippen LogP contribution is -2.20. The van der Waals surface area contributed by atoms with Gasteiger partial charge in [-0.25, -0.2) is 0 Å². The van der Waals surface area contributed by atoms with Crippen LogP contribution in [0.3, 0.4) is 0 Å². The number of rotatable bonds is 3. The Balaban J connectivity index is 2.09. The standard InChI is InChI=1S/C12H14N2O4/c15-11-7-9(14(17)18)5-6-10(11)13-12(16)8-3-1-2-4-8/h5-8,15H,1-4H2,(H,13,16). The quantitative estimate of drug-likeness (QED) is 0.489. The SMILES string of the molecule is O=C(Nc1ccc([N+](=O)[O-])cc1O)C1CCCC1. The van der Waals surface area contributed by atoms with Gasteiger partial charge in [0.25, 0.3) is 5.69 Å². The topological polar surface area (TPSA) is 92.5 Å². The Kier molecular flexibility index (Phi) is 3.45. The first-order chi connectivity index (χ1) is 8.58. The van der Waals surface area contributed by atoms with E-state index in [9.17, 15) is 20.0 Å². The van der Waals surface area contributed by atoms with Gasteiger partial charge in [-0.1, -0.05) is 12.8 Å². The molecule has 1 aromatic rings. The summed E-state index contributed by atoms with van der Waals surface area (Å²) in [6, 6.07) is 3.63. The van der Waals surface area contributed by atoms with E-state index in [4.69, 9.17) is 0 Å². The molecule has 0 heterocycles. The number of aromatic hydroxyl groups is 1. The molecule has 2 N–H and O–H groups in total. The van der Waals surface area contributed by atoms with E-state index in [1.165, 1.54) is 12.1 Å². The molecule has 1 saturated carbocycles. The van der Waals surface area contributed by atoms with Crippen molar-refractivity contribution in [1.29, 1.82) is 0 Å². The summed E-state index contributed by atoms with van der Waals surface area (Å²) in [5.41, 5.74) is 0.0175. The highest BCUT2D eigenvalue weighted by Gasteiger charge is 2.23. The van der Waals surface area contributed by atoms with Crippen molar-refractivity contribution in [3.63, 3.8) is 0 Å². The number of phenolic OH excluding ortho intramolecular Hbond substituents is 1. The Morgan fingerprint density at radius 1 is 1.39 bits per heavy atom. The van der Waals surface area contributed by atoms with Crippen LogP contribution in [0.2, 0.25) is 0 Å². The van der Waals surface area contributed by atoms with Crippen LogP contribution in [0.5, 0.6) is 5.75 Å². The van der Waals surface area contributed by atoms with E-state index in [0.717, 1.165) is 31.7 Å². The van der Waals surface area contributed by atoms with Crippen LogP contribution >= 0.6 is 0 Å². The van der Waals surface area contributed by atoms with Gasteiger partial charge in [0.2, 0.25) is 5.91 Å². The molecule has 2 rings (SSSR count). The molecule has 0 bridgehead atoms. The third-order valence-electron chi connectivity index (χ3n) is 3.18. The van der Waals surface area contributed by atoms with Gasteiger partial charge in [-0.05, 0) is 18.9 Å². The second-order valence-electron chi connectivity index (χ2n) is 4.43. The molecule has 18 heavy (non-hydrogen) atoms. The fraction of sp³-hybridized carbons (Fsp3) is 0.417. The van der Waals surface area contributed by atoms with E-state index in [-0.39, 0.29) is 28.9 Å². The molecule has 1 aromatic carbocycles. The molecule has 0 aliphatic heterocycles. The monoisotopic (exact) mass is 250 g/mol. The van der Waals surface area contributed by atoms with Crippen LogP contribution in [0.1, 0.15) is 25.7 Å². The van der Waals surface area contributed by atoms with E-state index in [1.807, 2.05) is 0 Å². The Hall–Kier alpha value is -2.11. The van der Waals surface area contributed by atoms with Crippen molar-refractivity contribution in [3.05, 3.63) is 28.3 Å². The molecule has 0 spiro atoms. The summed E-state index contributed by atoms with van der Waals surface area (Å²) in [5.74, 6) is -0.424. The first-order valence-electron chi connectivity index (χ1n) is 5.86. The van der Waals surface area contributed by atoms with Crippen molar-refractivity contribution in [1.82, 2.24) is 0 Å². The molecule has 1 aliphatic carbocycles. The highest BCUT2D eigenvalue weighted by molar-refractivity contribution is 5.94. The van der Waals surface area contributed by atoms with Crippen LogP contribution < -0.4 is 5.32 Å². The lowest BCUT2D eigenvalue weighted by Gasteiger charge is -2.11. The maximum absolute atomic E-state index is 11.8. The molecule has 1 fully saturated rings. The van der Waals surface area contributed by atoms with Gasteiger partial charge in [0.15, 0.2) is 0 Å². The fourth-order valence-corrected chi connectivity index (χ4v) is 2.16.